The fourth-order valence-electron chi connectivity index (χ4n) is 6.29. The lowest BCUT2D eigenvalue weighted by atomic mass is 9.95. The number of rotatable bonds is 2. The molecule has 0 atom stereocenters. The van der Waals surface area contributed by atoms with Crippen molar-refractivity contribution in [1.82, 2.24) is 9.55 Å². The van der Waals surface area contributed by atoms with E-state index in [1.165, 1.54) is 47.5 Å². The van der Waals surface area contributed by atoms with Crippen LogP contribution in [0.4, 0.5) is 0 Å². The Bertz CT molecular complexity index is 2340. The van der Waals surface area contributed by atoms with Gasteiger partial charge in [0.2, 0.25) is 0 Å². The monoisotopic (exact) mass is 518 g/mol. The summed E-state index contributed by atoms with van der Waals surface area (Å²) in [5.74, 6) is 0. The maximum Gasteiger partial charge on any atom is 0.307 e. The van der Waals surface area contributed by atoms with Crippen LogP contribution in [-0.4, -0.2) is 9.55 Å². The first kappa shape index (κ1) is 21.3. The second-order valence-corrected chi connectivity index (χ2v) is 11.4. The van der Waals surface area contributed by atoms with Gasteiger partial charge in [0.25, 0.3) is 0 Å². The van der Waals surface area contributed by atoms with E-state index in [2.05, 4.69) is 114 Å². The largest absolute Gasteiger partial charge is 0.422 e. The number of thiophene rings is 1. The lowest BCUT2D eigenvalue weighted by Crippen LogP contribution is -1.94. The lowest BCUT2D eigenvalue weighted by molar-refractivity contribution is 0.577. The predicted molar refractivity (Wildman–Crippen MR) is 165 cm³/mol. The van der Waals surface area contributed by atoms with E-state index < -0.39 is 0 Å². The van der Waals surface area contributed by atoms with Crippen molar-refractivity contribution in [3.63, 3.8) is 0 Å². The van der Waals surface area contributed by atoms with E-state index in [1.807, 2.05) is 0 Å². The highest BCUT2D eigenvalue weighted by Gasteiger charge is 2.22. The van der Waals surface area contributed by atoms with Gasteiger partial charge in [-0.3, -0.25) is 4.57 Å². The number of nitrogens with zero attached hydrogens (tertiary/aromatic N) is 2. The Labute approximate surface area is 227 Å². The van der Waals surface area contributed by atoms with Gasteiger partial charge in [-0.2, -0.15) is 4.98 Å². The fourth-order valence-corrected chi connectivity index (χ4v) is 7.40. The molecule has 3 aromatic heterocycles. The van der Waals surface area contributed by atoms with Crippen molar-refractivity contribution >= 4 is 80.8 Å². The minimum atomic E-state index is 0.605. The Morgan fingerprint density at radius 1 is 0.718 bits per heavy atom. The zero-order valence-corrected chi connectivity index (χ0v) is 21.8. The van der Waals surface area contributed by atoms with Crippen LogP contribution in [-0.2, 0) is 0 Å². The molecule has 0 aliphatic heterocycles. The lowest BCUT2D eigenvalue weighted by Gasteiger charge is -2.09. The Morgan fingerprint density at radius 2 is 1.59 bits per heavy atom. The summed E-state index contributed by atoms with van der Waals surface area (Å²) in [7, 11) is 0. The molecule has 184 valence electrons. The van der Waals surface area contributed by atoms with E-state index in [-0.39, 0.29) is 0 Å². The molecule has 0 bridgehead atoms. The van der Waals surface area contributed by atoms with Gasteiger partial charge < -0.3 is 4.42 Å². The predicted octanol–water partition coefficient (Wildman–Crippen LogP) is 10.2. The molecule has 0 saturated heterocycles. The number of allylic oxidation sites excluding steroid dienone is 4. The summed E-state index contributed by atoms with van der Waals surface area (Å²) in [5, 5.41) is 7.26. The van der Waals surface area contributed by atoms with E-state index in [0.717, 1.165) is 40.4 Å². The normalized spacial score (nSPS) is 14.0. The number of hydrogen-bond donors (Lipinski definition) is 0. The van der Waals surface area contributed by atoms with Gasteiger partial charge in [-0.15, -0.1) is 11.3 Å². The zero-order valence-electron chi connectivity index (χ0n) is 21.0. The second kappa shape index (κ2) is 7.92. The van der Waals surface area contributed by atoms with Gasteiger partial charge in [0, 0.05) is 30.9 Å². The van der Waals surface area contributed by atoms with Crippen LogP contribution >= 0.6 is 11.3 Å². The van der Waals surface area contributed by atoms with Gasteiger partial charge in [0.05, 0.1) is 11.0 Å². The van der Waals surface area contributed by atoms with Crippen molar-refractivity contribution in [1.29, 1.82) is 0 Å². The van der Waals surface area contributed by atoms with Crippen LogP contribution in [0.2, 0.25) is 0 Å². The highest BCUT2D eigenvalue weighted by molar-refractivity contribution is 7.26. The molecule has 3 heterocycles. The summed E-state index contributed by atoms with van der Waals surface area (Å²) in [4.78, 5) is 5.09. The summed E-state index contributed by atoms with van der Waals surface area (Å²) in [6.45, 7) is 0. The number of oxazole rings is 1. The molecule has 0 unspecified atom stereocenters. The molecule has 0 spiro atoms. The molecule has 0 radical (unpaired) electrons. The van der Waals surface area contributed by atoms with Gasteiger partial charge in [-0.25, -0.2) is 0 Å². The van der Waals surface area contributed by atoms with E-state index in [1.54, 1.807) is 11.3 Å². The SMILES string of the molecule is C1=CC(c2cccc3c2c2cc4ccccc4cc2n3-c2nc3ccc4sc5ccccc5c4c3o2)=CCC1. The molecule has 1 aliphatic rings. The van der Waals surface area contributed by atoms with Gasteiger partial charge in [0.1, 0.15) is 5.52 Å². The number of benzene rings is 5. The highest BCUT2D eigenvalue weighted by Crippen LogP contribution is 2.42. The van der Waals surface area contributed by atoms with Crippen molar-refractivity contribution in [2.75, 3.05) is 0 Å². The first-order valence-electron chi connectivity index (χ1n) is 13.4. The van der Waals surface area contributed by atoms with Crippen LogP contribution in [0.5, 0.6) is 0 Å². The molecular formula is C35H22N2OS. The van der Waals surface area contributed by atoms with Crippen molar-refractivity contribution in [3.05, 3.63) is 115 Å². The molecule has 9 rings (SSSR count). The molecule has 1 aliphatic carbocycles. The van der Waals surface area contributed by atoms with Crippen LogP contribution < -0.4 is 0 Å². The minimum Gasteiger partial charge on any atom is -0.422 e. The second-order valence-electron chi connectivity index (χ2n) is 10.3. The first-order chi connectivity index (χ1) is 19.3. The molecule has 8 aromatic rings. The van der Waals surface area contributed by atoms with E-state index in [9.17, 15) is 0 Å². The Kier molecular flexibility index (Phi) is 4.32. The minimum absolute atomic E-state index is 0.605. The zero-order chi connectivity index (χ0) is 25.5. The van der Waals surface area contributed by atoms with Crippen molar-refractivity contribution in [3.8, 4) is 6.01 Å². The number of hydrogen-bond acceptors (Lipinski definition) is 3. The van der Waals surface area contributed by atoms with E-state index in [4.69, 9.17) is 9.40 Å². The average Bonchev–Trinajstić information content (AvgIpc) is 3.67. The summed E-state index contributed by atoms with van der Waals surface area (Å²) < 4.78 is 11.4. The third kappa shape index (κ3) is 3.01. The van der Waals surface area contributed by atoms with Gasteiger partial charge in [0.15, 0.2) is 5.58 Å². The van der Waals surface area contributed by atoms with Crippen LogP contribution in [0, 0.1) is 0 Å². The Balaban J connectivity index is 1.42. The van der Waals surface area contributed by atoms with Crippen LogP contribution in [0.1, 0.15) is 18.4 Å². The summed E-state index contributed by atoms with van der Waals surface area (Å²) >= 11 is 1.80. The standard InChI is InChI=1S/C35H22N2OS/c1-2-9-21(10-3-1)24-14-8-15-28-32(24)26-19-22-11-4-5-12-23(22)20-29(26)37(28)35-36-27-17-18-31-33(34(27)38-35)25-13-6-7-16-30(25)39-31/h2,4-20H,1,3H2. The van der Waals surface area contributed by atoms with Crippen molar-refractivity contribution in [2.24, 2.45) is 0 Å². The number of fused-ring (bicyclic) bond motifs is 9. The molecule has 0 saturated carbocycles. The molecular weight excluding hydrogens is 496 g/mol. The molecule has 39 heavy (non-hydrogen) atoms. The third-order valence-corrected chi connectivity index (χ3v) is 9.18. The fraction of sp³-hybridized carbons (Fsp3) is 0.0571. The summed E-state index contributed by atoms with van der Waals surface area (Å²) in [5.41, 5.74) is 6.48. The smallest absolute Gasteiger partial charge is 0.307 e. The molecule has 0 amide bonds. The van der Waals surface area contributed by atoms with Gasteiger partial charge in [-0.05, 0) is 71.1 Å². The van der Waals surface area contributed by atoms with Crippen molar-refractivity contribution in [2.45, 2.75) is 12.8 Å². The van der Waals surface area contributed by atoms with Crippen molar-refractivity contribution < 1.29 is 4.42 Å². The molecule has 5 aromatic carbocycles. The molecule has 4 heteroatoms. The van der Waals surface area contributed by atoms with E-state index >= 15 is 0 Å². The maximum absolute atomic E-state index is 6.74. The van der Waals surface area contributed by atoms with E-state index in [0.29, 0.717) is 6.01 Å². The molecule has 0 N–H and O–H groups in total. The molecule has 0 fully saturated rings. The highest BCUT2D eigenvalue weighted by atomic mass is 32.1. The van der Waals surface area contributed by atoms with Crippen LogP contribution in [0.3, 0.4) is 0 Å². The average molecular weight is 519 g/mol. The Hall–Kier alpha value is -4.67. The van der Waals surface area contributed by atoms with Gasteiger partial charge in [-0.1, -0.05) is 72.8 Å². The van der Waals surface area contributed by atoms with Crippen LogP contribution in [0.15, 0.2) is 114 Å². The topological polar surface area (TPSA) is 31.0 Å². The third-order valence-electron chi connectivity index (χ3n) is 8.04. The molecule has 3 nitrogen and oxygen atoms in total. The maximum atomic E-state index is 6.74. The summed E-state index contributed by atoms with van der Waals surface area (Å²) in [6.07, 6.45) is 9.07. The Morgan fingerprint density at radius 3 is 2.49 bits per heavy atom. The van der Waals surface area contributed by atoms with Gasteiger partial charge >= 0.3 is 6.01 Å². The quantitative estimate of drug-likeness (QED) is 0.228. The first-order valence-corrected chi connectivity index (χ1v) is 14.2. The van der Waals surface area contributed by atoms with Crippen LogP contribution in [0.25, 0.3) is 75.4 Å². The summed E-state index contributed by atoms with van der Waals surface area (Å²) in [6, 6.07) is 33.2. The number of aromatic nitrogens is 2.